The zero-order valence-electron chi connectivity index (χ0n) is 5.73. The normalized spacial score (nSPS) is 10.5. The average Bonchev–Trinajstić information content (AvgIpc) is 2.27. The van der Waals surface area contributed by atoms with Crippen LogP contribution in [0, 0.1) is 0 Å². The van der Waals surface area contributed by atoms with Gasteiger partial charge in [0.05, 0.1) is 0 Å². The van der Waals surface area contributed by atoms with E-state index >= 15 is 0 Å². The van der Waals surface area contributed by atoms with Crippen LogP contribution in [0.1, 0.15) is 0 Å². The Balaban J connectivity index is 2.82. The number of hydrogen-bond acceptors (Lipinski definition) is 4. The van der Waals surface area contributed by atoms with E-state index in [-0.39, 0.29) is 0 Å². The minimum Gasteiger partial charge on any atom is -0.384 e. The third-order valence-electron chi connectivity index (χ3n) is 1.37. The molecule has 5 nitrogen and oxygen atoms in total. The van der Waals surface area contributed by atoms with Crippen molar-refractivity contribution in [3.05, 3.63) is 18.3 Å². The van der Waals surface area contributed by atoms with E-state index in [0.717, 1.165) is 0 Å². The van der Waals surface area contributed by atoms with Crippen LogP contribution in [0.3, 0.4) is 0 Å². The van der Waals surface area contributed by atoms with Gasteiger partial charge in [-0.05, 0) is 6.07 Å². The zero-order valence-corrected chi connectivity index (χ0v) is 5.73. The zero-order chi connectivity index (χ0) is 7.84. The number of anilines is 2. The fourth-order valence-electron chi connectivity index (χ4n) is 0.913. The Morgan fingerprint density at radius 3 is 2.91 bits per heavy atom. The van der Waals surface area contributed by atoms with Crippen molar-refractivity contribution in [2.24, 2.45) is 0 Å². The highest BCUT2D eigenvalue weighted by Crippen LogP contribution is 2.06. The number of hydrogen-bond donors (Lipinski definition) is 2. The molecule has 0 aliphatic rings. The molecule has 5 heteroatoms. The van der Waals surface area contributed by atoms with Crippen LogP contribution in [0.15, 0.2) is 18.3 Å². The van der Waals surface area contributed by atoms with Gasteiger partial charge in [0.1, 0.15) is 11.6 Å². The highest BCUT2D eigenvalue weighted by atomic mass is 15.3. The Labute approximate surface area is 62.6 Å². The predicted octanol–water partition coefficient (Wildman–Crippen LogP) is -0.106. The van der Waals surface area contributed by atoms with Gasteiger partial charge in [-0.2, -0.15) is 0 Å². The summed E-state index contributed by atoms with van der Waals surface area (Å²) in [4.78, 5) is 3.99. The van der Waals surface area contributed by atoms with Crippen LogP contribution in [-0.2, 0) is 0 Å². The van der Waals surface area contributed by atoms with Gasteiger partial charge in [0.25, 0.3) is 0 Å². The number of nitrogen functional groups attached to an aromatic ring is 2. The Kier molecular flexibility index (Phi) is 1.00. The molecule has 0 atom stereocenters. The molecular weight excluding hydrogens is 142 g/mol. The smallest absolute Gasteiger partial charge is 0.159 e. The summed E-state index contributed by atoms with van der Waals surface area (Å²) in [7, 11) is 0. The maximum Gasteiger partial charge on any atom is 0.159 e. The largest absolute Gasteiger partial charge is 0.384 e. The van der Waals surface area contributed by atoms with E-state index in [1.807, 2.05) is 0 Å². The molecule has 0 bridgehead atoms. The van der Waals surface area contributed by atoms with E-state index in [9.17, 15) is 0 Å². The standard InChI is InChI=1S/C6H7N5/c7-4-1-2-11-6(9-4)3-5(8)10-11/h1-3H,(H2,7,9)(H2,8,10). The maximum absolute atomic E-state index is 5.44. The van der Waals surface area contributed by atoms with Gasteiger partial charge in [-0.1, -0.05) is 0 Å². The molecule has 0 fully saturated rings. The van der Waals surface area contributed by atoms with Crippen LogP contribution in [0.2, 0.25) is 0 Å². The van der Waals surface area contributed by atoms with Crippen LogP contribution < -0.4 is 11.5 Å². The Morgan fingerprint density at radius 1 is 1.27 bits per heavy atom. The monoisotopic (exact) mass is 149 g/mol. The van der Waals surface area contributed by atoms with Crippen molar-refractivity contribution in [1.82, 2.24) is 14.6 Å². The lowest BCUT2D eigenvalue weighted by molar-refractivity contribution is 0.947. The molecule has 0 unspecified atom stereocenters. The first-order valence-corrected chi connectivity index (χ1v) is 3.13. The molecule has 2 heterocycles. The van der Waals surface area contributed by atoms with E-state index in [1.54, 1.807) is 22.8 Å². The third kappa shape index (κ3) is 0.861. The second-order valence-electron chi connectivity index (χ2n) is 2.22. The number of nitrogens with two attached hydrogens (primary N) is 2. The first kappa shape index (κ1) is 5.96. The van der Waals surface area contributed by atoms with Gasteiger partial charge < -0.3 is 11.5 Å². The van der Waals surface area contributed by atoms with Crippen molar-refractivity contribution in [2.45, 2.75) is 0 Å². The summed E-state index contributed by atoms with van der Waals surface area (Å²) < 4.78 is 1.58. The molecule has 11 heavy (non-hydrogen) atoms. The summed E-state index contributed by atoms with van der Waals surface area (Å²) in [6.45, 7) is 0. The number of nitrogens with zero attached hydrogens (tertiary/aromatic N) is 3. The van der Waals surface area contributed by atoms with Gasteiger partial charge in [-0.15, -0.1) is 5.10 Å². The van der Waals surface area contributed by atoms with Gasteiger partial charge >= 0.3 is 0 Å². The molecule has 0 saturated heterocycles. The maximum atomic E-state index is 5.44. The summed E-state index contributed by atoms with van der Waals surface area (Å²) in [5, 5.41) is 3.93. The Morgan fingerprint density at radius 2 is 2.09 bits per heavy atom. The van der Waals surface area contributed by atoms with E-state index in [1.165, 1.54) is 0 Å². The molecule has 56 valence electrons. The molecule has 0 aromatic carbocycles. The van der Waals surface area contributed by atoms with Crippen molar-refractivity contribution in [3.63, 3.8) is 0 Å². The summed E-state index contributed by atoms with van der Waals surface area (Å²) in [6, 6.07) is 3.33. The molecule has 0 amide bonds. The van der Waals surface area contributed by atoms with Gasteiger partial charge in [0.2, 0.25) is 0 Å². The highest BCUT2D eigenvalue weighted by molar-refractivity contribution is 5.50. The molecule has 4 N–H and O–H groups in total. The molecule has 0 radical (unpaired) electrons. The summed E-state index contributed by atoms with van der Waals surface area (Å²) in [5.41, 5.74) is 11.5. The molecule has 0 aliphatic heterocycles. The lowest BCUT2D eigenvalue weighted by Crippen LogP contribution is -1.94. The van der Waals surface area contributed by atoms with Gasteiger partial charge in [-0.25, -0.2) is 9.50 Å². The van der Waals surface area contributed by atoms with Crippen molar-refractivity contribution in [3.8, 4) is 0 Å². The molecule has 2 aromatic heterocycles. The summed E-state index contributed by atoms with van der Waals surface area (Å²) >= 11 is 0. The van der Waals surface area contributed by atoms with Crippen LogP contribution >= 0.6 is 0 Å². The summed E-state index contributed by atoms with van der Waals surface area (Å²) in [6.07, 6.45) is 1.72. The molecular formula is C6H7N5. The van der Waals surface area contributed by atoms with Gasteiger partial charge in [0, 0.05) is 12.3 Å². The van der Waals surface area contributed by atoms with Crippen molar-refractivity contribution in [2.75, 3.05) is 11.5 Å². The van der Waals surface area contributed by atoms with Crippen molar-refractivity contribution >= 4 is 17.3 Å². The van der Waals surface area contributed by atoms with Crippen LogP contribution in [-0.4, -0.2) is 14.6 Å². The minimum atomic E-state index is 0.447. The quantitative estimate of drug-likeness (QED) is 0.547. The van der Waals surface area contributed by atoms with E-state index < -0.39 is 0 Å². The fraction of sp³-hybridized carbons (Fsp3) is 0. The van der Waals surface area contributed by atoms with Crippen molar-refractivity contribution < 1.29 is 0 Å². The van der Waals surface area contributed by atoms with E-state index in [0.29, 0.717) is 17.3 Å². The van der Waals surface area contributed by atoms with Crippen LogP contribution in [0.5, 0.6) is 0 Å². The molecule has 2 aromatic rings. The van der Waals surface area contributed by atoms with Gasteiger partial charge in [-0.3, -0.25) is 0 Å². The Hall–Kier alpha value is -1.78. The summed E-state index contributed by atoms with van der Waals surface area (Å²) in [5.74, 6) is 0.917. The first-order valence-electron chi connectivity index (χ1n) is 3.13. The number of aromatic nitrogens is 3. The second kappa shape index (κ2) is 1.85. The van der Waals surface area contributed by atoms with Gasteiger partial charge in [0.15, 0.2) is 5.65 Å². The number of fused-ring (bicyclic) bond motifs is 1. The van der Waals surface area contributed by atoms with Crippen LogP contribution in [0.25, 0.3) is 5.65 Å². The van der Waals surface area contributed by atoms with Crippen molar-refractivity contribution in [1.29, 1.82) is 0 Å². The lowest BCUT2D eigenvalue weighted by Gasteiger charge is -1.91. The minimum absolute atomic E-state index is 0.447. The molecule has 2 rings (SSSR count). The fourth-order valence-corrected chi connectivity index (χ4v) is 0.913. The van der Waals surface area contributed by atoms with E-state index in [4.69, 9.17) is 11.5 Å². The Bertz CT molecular complexity index is 391. The van der Waals surface area contributed by atoms with E-state index in [2.05, 4.69) is 10.1 Å². The average molecular weight is 149 g/mol. The highest BCUT2D eigenvalue weighted by Gasteiger charge is 1.97. The molecule has 0 saturated carbocycles. The second-order valence-corrected chi connectivity index (χ2v) is 2.22. The number of rotatable bonds is 0. The first-order chi connectivity index (χ1) is 5.25. The topological polar surface area (TPSA) is 82.2 Å². The lowest BCUT2D eigenvalue weighted by atomic mass is 10.5. The predicted molar refractivity (Wildman–Crippen MR) is 41.8 cm³/mol. The third-order valence-corrected chi connectivity index (χ3v) is 1.37. The molecule has 0 spiro atoms. The molecule has 0 aliphatic carbocycles. The van der Waals surface area contributed by atoms with Crippen LogP contribution in [0.4, 0.5) is 11.6 Å². The SMILES string of the molecule is Nc1ccn2nc(N)cc2n1.